The Morgan fingerprint density at radius 1 is 0.875 bits per heavy atom. The summed E-state index contributed by atoms with van der Waals surface area (Å²) in [4.78, 5) is 28.3. The van der Waals surface area contributed by atoms with Gasteiger partial charge in [-0.05, 0) is 0 Å². The molecular formula is C5H16N4O7. The monoisotopic (exact) mass is 244 g/mol. The number of carboxylic acids is 2. The van der Waals surface area contributed by atoms with Crippen molar-refractivity contribution in [1.82, 2.24) is 12.3 Å². The minimum atomic E-state index is -2.44. The lowest BCUT2D eigenvalue weighted by Gasteiger charge is -2.18. The molecule has 2 amide bonds. The van der Waals surface area contributed by atoms with Crippen LogP contribution >= 0.6 is 0 Å². The molecule has 14 N–H and O–H groups in total. The van der Waals surface area contributed by atoms with Gasteiger partial charge in [-0.25, -0.2) is 4.79 Å². The number of hydrogen-bond acceptors (Lipinski definition) is 7. The van der Waals surface area contributed by atoms with E-state index in [1.807, 2.05) is 0 Å². The Hall–Kier alpha value is -1.95. The van der Waals surface area contributed by atoms with Crippen LogP contribution in [-0.4, -0.2) is 40.4 Å². The summed E-state index contributed by atoms with van der Waals surface area (Å²) < 4.78 is 0. The van der Waals surface area contributed by atoms with E-state index < -0.39 is 30.2 Å². The zero-order valence-corrected chi connectivity index (χ0v) is 8.75. The normalized spacial score (nSPS) is 11.4. The number of aliphatic carboxylic acids is 2. The van der Waals surface area contributed by atoms with Gasteiger partial charge in [-0.3, -0.25) is 0 Å². The number of amides is 2. The lowest BCUT2D eigenvalue weighted by Crippen LogP contribution is -2.51. The van der Waals surface area contributed by atoms with Gasteiger partial charge in [-0.15, -0.1) is 0 Å². The molecule has 2 unspecified atom stereocenters. The molecule has 0 aliphatic carbocycles. The molecule has 0 aliphatic heterocycles. The number of carbonyl (C=O) groups is 3. The lowest BCUT2D eigenvalue weighted by molar-refractivity contribution is -0.333. The lowest BCUT2D eigenvalue weighted by atomic mass is 10.2. The molecule has 0 radical (unpaired) electrons. The summed E-state index contributed by atoms with van der Waals surface area (Å²) in [6, 6.07) is -0.833. The zero-order valence-electron chi connectivity index (χ0n) is 8.75. The quantitative estimate of drug-likeness (QED) is 0.281. The van der Waals surface area contributed by atoms with Gasteiger partial charge in [-0.2, -0.15) is 0 Å². The highest BCUT2D eigenvalue weighted by molar-refractivity contribution is 5.80. The molecule has 0 rings (SSSR count). The van der Waals surface area contributed by atoms with Crippen LogP contribution in [0, 0.1) is 0 Å². The van der Waals surface area contributed by atoms with E-state index in [1.54, 1.807) is 0 Å². The fraction of sp³-hybridized carbons (Fsp3) is 0.400. The number of aliphatic hydroxyl groups is 2. The third-order valence-corrected chi connectivity index (χ3v) is 0.782. The van der Waals surface area contributed by atoms with Gasteiger partial charge in [0, 0.05) is 0 Å². The number of aliphatic hydroxyl groups excluding tert-OH is 2. The van der Waals surface area contributed by atoms with Gasteiger partial charge in [0.05, 0.1) is 11.9 Å². The average Bonchev–Trinajstić information content (AvgIpc) is 2.00. The molecule has 0 bridgehead atoms. The summed E-state index contributed by atoms with van der Waals surface area (Å²) in [7, 11) is 0. The third kappa shape index (κ3) is 14.6. The van der Waals surface area contributed by atoms with Gasteiger partial charge >= 0.3 is 6.03 Å². The molecular weight excluding hydrogens is 228 g/mol. The highest BCUT2D eigenvalue weighted by Crippen LogP contribution is 1.88. The standard InChI is InChI=1S/C4H6O6.CH4N2O.2H3N/c5-1(3(7)8)2(6)4(9)10;2-1(3)4;;/h1-2,5-6H,(H,7,8)(H,9,10);(H4,2,3,4);2*1H3. The van der Waals surface area contributed by atoms with Crippen LogP contribution in [0.1, 0.15) is 0 Å². The van der Waals surface area contributed by atoms with Crippen LogP contribution in [0.3, 0.4) is 0 Å². The van der Waals surface area contributed by atoms with Crippen molar-refractivity contribution in [2.45, 2.75) is 12.2 Å². The van der Waals surface area contributed by atoms with E-state index in [0.29, 0.717) is 0 Å². The van der Waals surface area contributed by atoms with Gasteiger partial charge in [0.2, 0.25) is 0 Å². The number of carbonyl (C=O) groups excluding carboxylic acids is 3. The highest BCUT2D eigenvalue weighted by Gasteiger charge is 2.17. The molecule has 0 spiro atoms. The molecule has 11 nitrogen and oxygen atoms in total. The first-order valence-electron chi connectivity index (χ1n) is 3.03. The van der Waals surface area contributed by atoms with Crippen molar-refractivity contribution in [2.24, 2.45) is 11.5 Å². The summed E-state index contributed by atoms with van der Waals surface area (Å²) in [6.07, 6.45) is -4.88. The summed E-state index contributed by atoms with van der Waals surface area (Å²) in [5, 5.41) is 35.7. The van der Waals surface area contributed by atoms with E-state index in [9.17, 15) is 19.8 Å². The number of quaternary nitrogens is 2. The van der Waals surface area contributed by atoms with Crippen molar-refractivity contribution < 1.29 is 34.8 Å². The first kappa shape index (κ1) is 23.7. The van der Waals surface area contributed by atoms with Crippen molar-refractivity contribution in [3.63, 3.8) is 0 Å². The molecule has 16 heavy (non-hydrogen) atoms. The fourth-order valence-corrected chi connectivity index (χ4v) is 0.258. The maximum atomic E-state index is 9.63. The van der Waals surface area contributed by atoms with Crippen LogP contribution in [0.25, 0.3) is 0 Å². The van der Waals surface area contributed by atoms with Gasteiger partial charge in [-0.1, -0.05) is 0 Å². The minimum Gasteiger partial charge on any atom is -0.547 e. The Labute approximate surface area is 89.8 Å². The fourth-order valence-electron chi connectivity index (χ4n) is 0.258. The van der Waals surface area contributed by atoms with Crippen LogP contribution in [0.15, 0.2) is 0 Å². The molecule has 2 atom stereocenters. The second-order valence-electron chi connectivity index (χ2n) is 1.93. The van der Waals surface area contributed by atoms with Crippen LogP contribution in [-0.2, 0) is 9.59 Å². The van der Waals surface area contributed by atoms with E-state index >= 15 is 0 Å². The Balaban J connectivity index is -0.000000105. The molecule has 0 aromatic carbocycles. The van der Waals surface area contributed by atoms with Crippen molar-refractivity contribution in [1.29, 1.82) is 0 Å². The molecule has 0 aromatic heterocycles. The maximum Gasteiger partial charge on any atom is 0.309 e. The maximum absolute atomic E-state index is 9.63. The van der Waals surface area contributed by atoms with E-state index in [-0.39, 0.29) is 12.3 Å². The first-order valence-corrected chi connectivity index (χ1v) is 3.03. The number of urea groups is 1. The van der Waals surface area contributed by atoms with Gasteiger partial charge in [0.15, 0.2) is 0 Å². The molecule has 0 saturated carbocycles. The summed E-state index contributed by atoms with van der Waals surface area (Å²) >= 11 is 0. The van der Waals surface area contributed by atoms with Gasteiger partial charge in [0.1, 0.15) is 12.2 Å². The van der Waals surface area contributed by atoms with Gasteiger partial charge < -0.3 is 53.8 Å². The smallest absolute Gasteiger partial charge is 0.309 e. The van der Waals surface area contributed by atoms with Crippen molar-refractivity contribution >= 4 is 18.0 Å². The van der Waals surface area contributed by atoms with Crippen molar-refractivity contribution in [2.75, 3.05) is 0 Å². The SMILES string of the molecule is NC(N)=O.O=C([O-])C(O)C(O)C(=O)[O-].[NH4+].[NH4+]. The Kier molecular flexibility index (Phi) is 16.5. The number of rotatable bonds is 3. The van der Waals surface area contributed by atoms with E-state index in [0.717, 1.165) is 0 Å². The van der Waals surface area contributed by atoms with Crippen molar-refractivity contribution in [3.8, 4) is 0 Å². The number of hydrogen-bond donors (Lipinski definition) is 6. The molecule has 0 aliphatic rings. The van der Waals surface area contributed by atoms with Gasteiger partial charge in [0.25, 0.3) is 0 Å². The average molecular weight is 244 g/mol. The minimum absolute atomic E-state index is 0. The number of carboxylic acid groups (broad SMARTS) is 2. The van der Waals surface area contributed by atoms with Crippen molar-refractivity contribution in [3.05, 3.63) is 0 Å². The Morgan fingerprint density at radius 3 is 1.06 bits per heavy atom. The topological polar surface area (TPSA) is 263 Å². The highest BCUT2D eigenvalue weighted by atomic mass is 16.4. The molecule has 0 saturated heterocycles. The van der Waals surface area contributed by atoms with Crippen LogP contribution in [0.4, 0.5) is 4.79 Å². The predicted octanol–water partition coefficient (Wildman–Crippen LogP) is -5.02. The van der Waals surface area contributed by atoms with Crippen LogP contribution < -0.4 is 34.0 Å². The number of primary amides is 2. The Bertz CT molecular complexity index is 211. The summed E-state index contributed by atoms with van der Waals surface area (Å²) in [5.74, 6) is -4.12. The summed E-state index contributed by atoms with van der Waals surface area (Å²) in [6.45, 7) is 0. The van der Waals surface area contributed by atoms with Crippen LogP contribution in [0.2, 0.25) is 0 Å². The Morgan fingerprint density at radius 2 is 1.00 bits per heavy atom. The first-order chi connectivity index (χ1) is 6.20. The largest absolute Gasteiger partial charge is 0.547 e. The number of nitrogens with two attached hydrogens (primary N) is 2. The molecule has 0 fully saturated rings. The second-order valence-corrected chi connectivity index (χ2v) is 1.93. The zero-order chi connectivity index (χ0) is 11.9. The molecule has 0 aromatic rings. The molecule has 0 heterocycles. The van der Waals surface area contributed by atoms with E-state index in [4.69, 9.17) is 15.0 Å². The third-order valence-electron chi connectivity index (χ3n) is 0.782. The summed E-state index contributed by atoms with van der Waals surface area (Å²) in [5.41, 5.74) is 8.50. The van der Waals surface area contributed by atoms with Crippen LogP contribution in [0.5, 0.6) is 0 Å². The van der Waals surface area contributed by atoms with E-state index in [1.165, 1.54) is 0 Å². The van der Waals surface area contributed by atoms with E-state index in [2.05, 4.69) is 11.5 Å². The second kappa shape index (κ2) is 11.1. The molecule has 98 valence electrons. The molecule has 11 heteroatoms. The predicted molar refractivity (Wildman–Crippen MR) is 47.8 cm³/mol.